The summed E-state index contributed by atoms with van der Waals surface area (Å²) in [6.07, 6.45) is 3.18. The first kappa shape index (κ1) is 25.5. The van der Waals surface area contributed by atoms with Crippen molar-refractivity contribution in [1.82, 2.24) is 4.98 Å². The molecular weight excluding hydrogens is 476 g/mol. The van der Waals surface area contributed by atoms with Crippen molar-refractivity contribution in [1.29, 1.82) is 0 Å². The van der Waals surface area contributed by atoms with Crippen molar-refractivity contribution >= 4 is 34.7 Å². The van der Waals surface area contributed by atoms with Gasteiger partial charge in [0.2, 0.25) is 0 Å². The summed E-state index contributed by atoms with van der Waals surface area (Å²) in [5.74, 6) is -1.04. The molecule has 3 aromatic rings. The smallest absolute Gasteiger partial charge is 0.300 e. The van der Waals surface area contributed by atoms with Gasteiger partial charge in [-0.15, -0.1) is 0 Å². The van der Waals surface area contributed by atoms with E-state index in [1.807, 2.05) is 40.7 Å². The van der Waals surface area contributed by atoms with Crippen LogP contribution in [0.3, 0.4) is 0 Å². The quantitative estimate of drug-likeness (QED) is 0.248. The van der Waals surface area contributed by atoms with Crippen molar-refractivity contribution in [2.45, 2.75) is 46.1 Å². The number of aliphatic hydroxyl groups is 1. The Hall–Kier alpha value is -3.64. The lowest BCUT2D eigenvalue weighted by Gasteiger charge is -2.26. The Morgan fingerprint density at radius 1 is 1.08 bits per heavy atom. The number of carbonyl (C=O) groups is 2. The summed E-state index contributed by atoms with van der Waals surface area (Å²) >= 11 is 6.36. The molecule has 4 rings (SSSR count). The summed E-state index contributed by atoms with van der Waals surface area (Å²) in [6.45, 7) is 10.4. The van der Waals surface area contributed by atoms with Crippen LogP contribution < -0.4 is 9.64 Å². The number of amides is 1. The number of ether oxygens (including phenoxy) is 1. The van der Waals surface area contributed by atoms with Crippen molar-refractivity contribution in [2.75, 3.05) is 11.5 Å². The molecule has 1 N–H and O–H groups in total. The molecule has 1 atom stereocenters. The monoisotopic (exact) mass is 504 g/mol. The van der Waals surface area contributed by atoms with E-state index in [1.54, 1.807) is 54.9 Å². The molecule has 186 valence electrons. The third kappa shape index (κ3) is 4.61. The molecule has 1 amide bonds. The topological polar surface area (TPSA) is 79.7 Å². The lowest BCUT2D eigenvalue weighted by Crippen LogP contribution is -2.29. The van der Waals surface area contributed by atoms with E-state index >= 15 is 0 Å². The lowest BCUT2D eigenvalue weighted by atomic mass is 9.84. The summed E-state index contributed by atoms with van der Waals surface area (Å²) in [6, 6.07) is 13.1. The van der Waals surface area contributed by atoms with Crippen molar-refractivity contribution in [2.24, 2.45) is 0 Å². The zero-order valence-electron chi connectivity index (χ0n) is 21.0. The van der Waals surface area contributed by atoms with Gasteiger partial charge in [0, 0.05) is 34.2 Å². The molecule has 2 aromatic carbocycles. The number of anilines is 1. The first-order chi connectivity index (χ1) is 17.0. The molecule has 1 unspecified atom stereocenters. The van der Waals surface area contributed by atoms with E-state index in [1.165, 1.54) is 4.90 Å². The fraction of sp³-hybridized carbons (Fsp3) is 0.276. The van der Waals surface area contributed by atoms with Crippen LogP contribution in [0.2, 0.25) is 5.02 Å². The van der Waals surface area contributed by atoms with E-state index in [9.17, 15) is 14.7 Å². The van der Waals surface area contributed by atoms with Crippen LogP contribution in [0.4, 0.5) is 5.69 Å². The largest absolute Gasteiger partial charge is 0.507 e. The highest BCUT2D eigenvalue weighted by Gasteiger charge is 2.47. The van der Waals surface area contributed by atoms with E-state index < -0.39 is 17.7 Å². The number of ketones is 1. The maximum absolute atomic E-state index is 13.4. The van der Waals surface area contributed by atoms with Gasteiger partial charge < -0.3 is 9.84 Å². The Morgan fingerprint density at radius 2 is 1.78 bits per heavy atom. The minimum absolute atomic E-state index is 0.00640. The SMILES string of the molecule is CCOc1ccc(/C(O)=C2/C(=O)C(=O)N(c3ccc(C)c(Cl)c3)C2c2ccncc2)cc1C(C)(C)C. The van der Waals surface area contributed by atoms with Crippen LogP contribution in [0.15, 0.2) is 66.5 Å². The lowest BCUT2D eigenvalue weighted by molar-refractivity contribution is -0.132. The van der Waals surface area contributed by atoms with Gasteiger partial charge in [-0.3, -0.25) is 19.5 Å². The number of Topliss-reactive ketones (excluding diaryl/α,β-unsaturated/α-hetero) is 1. The molecule has 6 nitrogen and oxygen atoms in total. The molecule has 36 heavy (non-hydrogen) atoms. The number of aliphatic hydroxyl groups excluding tert-OH is 1. The van der Waals surface area contributed by atoms with Crippen LogP contribution in [0.5, 0.6) is 5.75 Å². The van der Waals surface area contributed by atoms with Gasteiger partial charge in [0.15, 0.2) is 0 Å². The van der Waals surface area contributed by atoms with Crippen molar-refractivity contribution in [3.05, 3.63) is 93.8 Å². The Bertz CT molecular complexity index is 1360. The third-order valence-corrected chi connectivity index (χ3v) is 6.67. The molecule has 0 saturated carbocycles. The number of halogens is 1. The predicted molar refractivity (Wildman–Crippen MR) is 142 cm³/mol. The van der Waals surface area contributed by atoms with Gasteiger partial charge in [-0.05, 0) is 72.9 Å². The molecule has 1 aliphatic rings. The van der Waals surface area contributed by atoms with Crippen molar-refractivity contribution in [3.8, 4) is 5.75 Å². The van der Waals surface area contributed by atoms with Crippen LogP contribution in [0, 0.1) is 6.92 Å². The van der Waals surface area contributed by atoms with Gasteiger partial charge >= 0.3 is 0 Å². The molecule has 0 spiro atoms. The van der Waals surface area contributed by atoms with Crippen LogP contribution >= 0.6 is 11.6 Å². The second-order valence-electron chi connectivity index (χ2n) is 9.78. The van der Waals surface area contributed by atoms with Gasteiger partial charge in [-0.25, -0.2) is 0 Å². The maximum atomic E-state index is 13.4. The zero-order chi connectivity index (χ0) is 26.2. The summed E-state index contributed by atoms with van der Waals surface area (Å²) < 4.78 is 5.80. The Morgan fingerprint density at radius 3 is 2.39 bits per heavy atom. The highest BCUT2D eigenvalue weighted by molar-refractivity contribution is 6.51. The molecule has 0 bridgehead atoms. The molecule has 0 radical (unpaired) electrons. The second-order valence-corrected chi connectivity index (χ2v) is 10.2. The predicted octanol–water partition coefficient (Wildman–Crippen LogP) is 6.37. The second kappa shape index (κ2) is 9.78. The Balaban J connectivity index is 1.94. The van der Waals surface area contributed by atoms with E-state index in [0.29, 0.717) is 34.2 Å². The fourth-order valence-corrected chi connectivity index (χ4v) is 4.57. The van der Waals surface area contributed by atoms with Crippen molar-refractivity contribution < 1.29 is 19.4 Å². The van der Waals surface area contributed by atoms with E-state index in [4.69, 9.17) is 16.3 Å². The molecule has 2 heterocycles. The number of aryl methyl sites for hydroxylation is 1. The first-order valence-corrected chi connectivity index (χ1v) is 12.2. The summed E-state index contributed by atoms with van der Waals surface area (Å²) in [5.41, 5.74) is 3.00. The summed E-state index contributed by atoms with van der Waals surface area (Å²) in [7, 11) is 0. The standard InChI is InChI=1S/C29H29ClN2O4/c1-6-36-23-10-8-19(15-21(23)29(3,4)5)26(33)24-25(18-11-13-31-14-12-18)32(28(35)27(24)34)20-9-7-17(2)22(30)16-20/h7-16,25,33H,6H2,1-5H3/b26-24-. The van der Waals surface area contributed by atoms with Crippen LogP contribution in [-0.2, 0) is 15.0 Å². The average molecular weight is 505 g/mol. The summed E-state index contributed by atoms with van der Waals surface area (Å²) in [4.78, 5) is 32.2. The van der Waals surface area contributed by atoms with E-state index in [2.05, 4.69) is 4.98 Å². The van der Waals surface area contributed by atoms with Gasteiger partial charge in [0.1, 0.15) is 11.5 Å². The normalized spacial score (nSPS) is 17.5. The number of hydrogen-bond donors (Lipinski definition) is 1. The van der Waals surface area contributed by atoms with Gasteiger partial charge in [0.05, 0.1) is 18.2 Å². The average Bonchev–Trinajstić information content (AvgIpc) is 3.11. The van der Waals surface area contributed by atoms with Crippen LogP contribution in [0.25, 0.3) is 5.76 Å². The molecule has 1 aliphatic heterocycles. The molecular formula is C29H29ClN2O4. The highest BCUT2D eigenvalue weighted by atomic mass is 35.5. The molecule has 0 aliphatic carbocycles. The number of rotatable bonds is 5. The van der Waals surface area contributed by atoms with Crippen LogP contribution in [0.1, 0.15) is 56.0 Å². The summed E-state index contributed by atoms with van der Waals surface area (Å²) in [5, 5.41) is 12.0. The molecule has 7 heteroatoms. The van der Waals surface area contributed by atoms with Crippen LogP contribution in [-0.4, -0.2) is 28.4 Å². The van der Waals surface area contributed by atoms with Crippen molar-refractivity contribution in [3.63, 3.8) is 0 Å². The minimum atomic E-state index is -0.851. The number of pyridine rings is 1. The van der Waals surface area contributed by atoms with Gasteiger partial charge in [-0.2, -0.15) is 0 Å². The first-order valence-electron chi connectivity index (χ1n) is 11.8. The molecule has 1 fully saturated rings. The fourth-order valence-electron chi connectivity index (χ4n) is 4.39. The maximum Gasteiger partial charge on any atom is 0.300 e. The van der Waals surface area contributed by atoms with E-state index in [0.717, 1.165) is 11.1 Å². The van der Waals surface area contributed by atoms with E-state index in [-0.39, 0.29) is 16.7 Å². The van der Waals surface area contributed by atoms with Gasteiger partial charge in [0.25, 0.3) is 11.7 Å². The number of hydrogen-bond acceptors (Lipinski definition) is 5. The minimum Gasteiger partial charge on any atom is -0.507 e. The van der Waals surface area contributed by atoms with Gasteiger partial charge in [-0.1, -0.05) is 38.4 Å². The number of carbonyl (C=O) groups excluding carboxylic acids is 2. The number of benzene rings is 2. The highest BCUT2D eigenvalue weighted by Crippen LogP contribution is 2.43. The third-order valence-electron chi connectivity index (χ3n) is 6.26. The molecule has 1 aromatic heterocycles. The molecule has 1 saturated heterocycles. The Kier molecular flexibility index (Phi) is 6.92. The Labute approximate surface area is 216 Å². The zero-order valence-corrected chi connectivity index (χ0v) is 21.8. The number of nitrogens with zero attached hydrogens (tertiary/aromatic N) is 2. The number of aromatic nitrogens is 1.